The van der Waals surface area contributed by atoms with E-state index in [0.29, 0.717) is 18.1 Å². The molecule has 0 bridgehead atoms. The smallest absolute Gasteiger partial charge is 0.239 e. The van der Waals surface area contributed by atoms with Crippen LogP contribution in [0.15, 0.2) is 10.6 Å². The van der Waals surface area contributed by atoms with Crippen LogP contribution in [0.4, 0.5) is 5.82 Å². The first kappa shape index (κ1) is 13.0. The summed E-state index contributed by atoms with van der Waals surface area (Å²) >= 11 is 0. The Hall–Kier alpha value is -1.40. The SMILES string of the molecule is Cc1cc(NC(=O)CN2CCNCC2(C)C)no1. The number of aryl methyl sites for hydroxylation is 1. The zero-order valence-corrected chi connectivity index (χ0v) is 11.1. The minimum Gasteiger partial charge on any atom is -0.360 e. The van der Waals surface area contributed by atoms with E-state index in [2.05, 4.69) is 34.5 Å². The van der Waals surface area contributed by atoms with Crippen LogP contribution in [0.1, 0.15) is 19.6 Å². The van der Waals surface area contributed by atoms with Crippen molar-refractivity contribution in [2.45, 2.75) is 26.3 Å². The largest absolute Gasteiger partial charge is 0.360 e. The Balaban J connectivity index is 1.90. The van der Waals surface area contributed by atoms with Gasteiger partial charge < -0.3 is 15.2 Å². The average molecular weight is 252 g/mol. The fourth-order valence-corrected chi connectivity index (χ4v) is 2.10. The molecule has 0 spiro atoms. The second-order valence-electron chi connectivity index (χ2n) is 5.28. The Kier molecular flexibility index (Phi) is 3.68. The fourth-order valence-electron chi connectivity index (χ4n) is 2.10. The molecule has 2 rings (SSSR count). The number of amides is 1. The Labute approximate surface area is 107 Å². The number of nitrogens with one attached hydrogen (secondary N) is 2. The molecule has 18 heavy (non-hydrogen) atoms. The highest BCUT2D eigenvalue weighted by Gasteiger charge is 2.30. The Morgan fingerprint density at radius 1 is 1.67 bits per heavy atom. The summed E-state index contributed by atoms with van der Waals surface area (Å²) < 4.78 is 4.91. The molecule has 1 aliphatic heterocycles. The molecule has 0 unspecified atom stereocenters. The maximum atomic E-state index is 11.9. The molecule has 100 valence electrons. The van der Waals surface area contributed by atoms with Gasteiger partial charge in [0.05, 0.1) is 6.54 Å². The van der Waals surface area contributed by atoms with E-state index in [0.717, 1.165) is 19.6 Å². The molecule has 1 aromatic heterocycles. The minimum atomic E-state index is -0.0572. The van der Waals surface area contributed by atoms with Crippen molar-refractivity contribution < 1.29 is 9.32 Å². The molecule has 0 radical (unpaired) electrons. The van der Waals surface area contributed by atoms with Crippen LogP contribution in [0.3, 0.4) is 0 Å². The molecule has 0 aromatic carbocycles. The van der Waals surface area contributed by atoms with E-state index in [4.69, 9.17) is 4.52 Å². The average Bonchev–Trinajstić information content (AvgIpc) is 2.67. The second-order valence-corrected chi connectivity index (χ2v) is 5.28. The van der Waals surface area contributed by atoms with Gasteiger partial charge >= 0.3 is 0 Å². The van der Waals surface area contributed by atoms with E-state index in [9.17, 15) is 4.79 Å². The molecule has 0 atom stereocenters. The zero-order valence-electron chi connectivity index (χ0n) is 11.1. The van der Waals surface area contributed by atoms with Crippen molar-refractivity contribution >= 4 is 11.7 Å². The lowest BCUT2D eigenvalue weighted by Crippen LogP contribution is -2.59. The van der Waals surface area contributed by atoms with Gasteiger partial charge in [-0.1, -0.05) is 5.16 Å². The summed E-state index contributed by atoms with van der Waals surface area (Å²) in [5.74, 6) is 1.11. The lowest BCUT2D eigenvalue weighted by atomic mass is 10.0. The number of piperazine rings is 1. The van der Waals surface area contributed by atoms with Crippen molar-refractivity contribution in [1.82, 2.24) is 15.4 Å². The standard InChI is InChI=1S/C12H20N4O2/c1-9-6-10(15-18-9)14-11(17)7-16-5-4-13-8-12(16,2)3/h6,13H,4-5,7-8H2,1-3H3,(H,14,15,17). The number of anilines is 1. The number of rotatable bonds is 3. The monoisotopic (exact) mass is 252 g/mol. The quantitative estimate of drug-likeness (QED) is 0.824. The predicted molar refractivity (Wildman–Crippen MR) is 68.4 cm³/mol. The van der Waals surface area contributed by atoms with Crippen LogP contribution in [0.5, 0.6) is 0 Å². The first-order chi connectivity index (χ1) is 8.47. The molecule has 2 N–H and O–H groups in total. The van der Waals surface area contributed by atoms with Crippen molar-refractivity contribution in [2.24, 2.45) is 0 Å². The third-order valence-corrected chi connectivity index (χ3v) is 3.20. The molecule has 6 heteroatoms. The van der Waals surface area contributed by atoms with Gasteiger partial charge in [0.1, 0.15) is 5.76 Å². The summed E-state index contributed by atoms with van der Waals surface area (Å²) in [6.07, 6.45) is 0. The topological polar surface area (TPSA) is 70.4 Å². The van der Waals surface area contributed by atoms with E-state index in [1.807, 2.05) is 0 Å². The van der Waals surface area contributed by atoms with Crippen molar-refractivity contribution in [3.63, 3.8) is 0 Å². The second kappa shape index (κ2) is 5.07. The van der Waals surface area contributed by atoms with E-state index in [-0.39, 0.29) is 11.4 Å². The third-order valence-electron chi connectivity index (χ3n) is 3.20. The predicted octanol–water partition coefficient (Wildman–Crippen LogP) is 0.605. The molecule has 0 aliphatic carbocycles. The molecular formula is C12H20N4O2. The molecule has 1 amide bonds. The summed E-state index contributed by atoms with van der Waals surface area (Å²) in [6, 6.07) is 1.71. The van der Waals surface area contributed by atoms with Crippen molar-refractivity contribution in [2.75, 3.05) is 31.5 Å². The number of aromatic nitrogens is 1. The van der Waals surface area contributed by atoms with Crippen LogP contribution < -0.4 is 10.6 Å². The lowest BCUT2D eigenvalue weighted by molar-refractivity contribution is -0.119. The van der Waals surface area contributed by atoms with Crippen LogP contribution in [-0.2, 0) is 4.79 Å². The molecule has 1 fully saturated rings. The normalized spacial score (nSPS) is 19.7. The fraction of sp³-hybridized carbons (Fsp3) is 0.667. The summed E-state index contributed by atoms with van der Waals surface area (Å²) in [6.45, 7) is 9.11. The molecule has 1 aliphatic rings. The number of hydrogen-bond donors (Lipinski definition) is 2. The molecule has 1 saturated heterocycles. The first-order valence-electron chi connectivity index (χ1n) is 6.16. The molecule has 1 aromatic rings. The van der Waals surface area contributed by atoms with Crippen molar-refractivity contribution in [3.8, 4) is 0 Å². The lowest BCUT2D eigenvalue weighted by Gasteiger charge is -2.42. The van der Waals surface area contributed by atoms with Gasteiger partial charge in [-0.25, -0.2) is 0 Å². The summed E-state index contributed by atoms with van der Waals surface area (Å²) in [5, 5.41) is 9.82. The van der Waals surface area contributed by atoms with Gasteiger partial charge in [-0.05, 0) is 20.8 Å². The third kappa shape index (κ3) is 3.08. The first-order valence-corrected chi connectivity index (χ1v) is 6.16. The van der Waals surface area contributed by atoms with Gasteiger partial charge in [-0.15, -0.1) is 0 Å². The number of carbonyl (C=O) groups excluding carboxylic acids is 1. The Morgan fingerprint density at radius 3 is 3.06 bits per heavy atom. The van der Waals surface area contributed by atoms with E-state index < -0.39 is 0 Å². The van der Waals surface area contributed by atoms with E-state index in [1.165, 1.54) is 0 Å². The van der Waals surface area contributed by atoms with Crippen LogP contribution in [0.25, 0.3) is 0 Å². The highest BCUT2D eigenvalue weighted by molar-refractivity contribution is 5.91. The van der Waals surface area contributed by atoms with Gasteiger partial charge in [0.15, 0.2) is 5.82 Å². The zero-order chi connectivity index (χ0) is 13.2. The van der Waals surface area contributed by atoms with Crippen LogP contribution >= 0.6 is 0 Å². The van der Waals surface area contributed by atoms with E-state index in [1.54, 1.807) is 13.0 Å². The maximum absolute atomic E-state index is 11.9. The van der Waals surface area contributed by atoms with Gasteiger partial charge in [0.2, 0.25) is 5.91 Å². The number of nitrogens with zero attached hydrogens (tertiary/aromatic N) is 2. The van der Waals surface area contributed by atoms with Gasteiger partial charge in [0, 0.05) is 31.2 Å². The summed E-state index contributed by atoms with van der Waals surface area (Å²) in [4.78, 5) is 14.1. The number of carbonyl (C=O) groups is 1. The summed E-state index contributed by atoms with van der Waals surface area (Å²) in [7, 11) is 0. The van der Waals surface area contributed by atoms with Gasteiger partial charge in [0.25, 0.3) is 0 Å². The maximum Gasteiger partial charge on any atom is 0.239 e. The number of hydrogen-bond acceptors (Lipinski definition) is 5. The van der Waals surface area contributed by atoms with Crippen LogP contribution in [0, 0.1) is 6.92 Å². The van der Waals surface area contributed by atoms with Crippen molar-refractivity contribution in [3.05, 3.63) is 11.8 Å². The van der Waals surface area contributed by atoms with Crippen LogP contribution in [0.2, 0.25) is 0 Å². The van der Waals surface area contributed by atoms with Crippen LogP contribution in [-0.4, -0.2) is 47.7 Å². The molecule has 2 heterocycles. The Bertz CT molecular complexity index is 427. The molecule has 6 nitrogen and oxygen atoms in total. The van der Waals surface area contributed by atoms with Gasteiger partial charge in [-0.2, -0.15) is 0 Å². The highest BCUT2D eigenvalue weighted by atomic mass is 16.5. The highest BCUT2D eigenvalue weighted by Crippen LogP contribution is 2.16. The van der Waals surface area contributed by atoms with E-state index >= 15 is 0 Å². The molecule has 0 saturated carbocycles. The molecular weight excluding hydrogens is 232 g/mol. The summed E-state index contributed by atoms with van der Waals surface area (Å²) in [5.41, 5.74) is -0.00463. The Morgan fingerprint density at radius 2 is 2.44 bits per heavy atom. The van der Waals surface area contributed by atoms with Gasteiger partial charge in [-0.3, -0.25) is 9.69 Å². The van der Waals surface area contributed by atoms with Crippen molar-refractivity contribution in [1.29, 1.82) is 0 Å². The minimum absolute atomic E-state index is 0.00463.